The zero-order chi connectivity index (χ0) is 23.4. The Bertz CT molecular complexity index is 1280. The van der Waals surface area contributed by atoms with Crippen molar-refractivity contribution in [2.75, 3.05) is 17.7 Å². The summed E-state index contributed by atoms with van der Waals surface area (Å²) in [6.45, 7) is 0.284. The molecule has 7 nitrogen and oxygen atoms in total. The van der Waals surface area contributed by atoms with Crippen LogP contribution >= 0.6 is 15.9 Å². The van der Waals surface area contributed by atoms with Gasteiger partial charge in [-0.2, -0.15) is 0 Å². The van der Waals surface area contributed by atoms with E-state index in [9.17, 15) is 9.90 Å². The second kappa shape index (κ2) is 9.70. The first kappa shape index (κ1) is 22.3. The summed E-state index contributed by atoms with van der Waals surface area (Å²) in [5, 5.41) is 13.3. The molecule has 2 aromatic heterocycles. The molecule has 33 heavy (non-hydrogen) atoms. The second-order valence-corrected chi connectivity index (χ2v) is 8.29. The Hall–Kier alpha value is -3.91. The molecule has 0 unspecified atom stereocenters. The largest absolute Gasteiger partial charge is 0.507 e. The summed E-state index contributed by atoms with van der Waals surface area (Å²) in [4.78, 5) is 23.1. The van der Waals surface area contributed by atoms with Gasteiger partial charge >= 0.3 is 0 Å². The average Bonchev–Trinajstić information content (AvgIpc) is 2.83. The van der Waals surface area contributed by atoms with Crippen molar-refractivity contribution in [2.24, 2.45) is 0 Å². The summed E-state index contributed by atoms with van der Waals surface area (Å²) in [7, 11) is 1.94. The topological polar surface area (TPSA) is 104 Å². The molecule has 4 N–H and O–H groups in total. The lowest BCUT2D eigenvalue weighted by Crippen LogP contribution is -2.24. The SMILES string of the molecule is CN(c1ccc(Br)cc1)c1ccc(O)c(-c2ccc(C(=O)NCc3ccccn3)c(N)n2)c1. The maximum absolute atomic E-state index is 12.6. The molecule has 1 amide bonds. The molecule has 0 atom stereocenters. The highest BCUT2D eigenvalue weighted by atomic mass is 79.9. The number of nitrogens with one attached hydrogen (secondary N) is 1. The summed E-state index contributed by atoms with van der Waals surface area (Å²) in [5.74, 6) is -0.190. The van der Waals surface area contributed by atoms with Crippen molar-refractivity contribution in [3.63, 3.8) is 0 Å². The molecule has 0 aliphatic rings. The molecule has 4 aromatic rings. The zero-order valence-electron chi connectivity index (χ0n) is 17.9. The number of benzene rings is 2. The molecule has 2 aromatic carbocycles. The van der Waals surface area contributed by atoms with Crippen LogP contribution in [0.4, 0.5) is 17.2 Å². The number of aromatic hydroxyl groups is 1. The van der Waals surface area contributed by atoms with Gasteiger partial charge in [0.2, 0.25) is 0 Å². The lowest BCUT2D eigenvalue weighted by molar-refractivity contribution is 0.0951. The first-order valence-electron chi connectivity index (χ1n) is 10.2. The molecule has 8 heteroatoms. The fourth-order valence-corrected chi connectivity index (χ4v) is 3.60. The van der Waals surface area contributed by atoms with Crippen molar-refractivity contribution < 1.29 is 9.90 Å². The molecule has 0 aliphatic carbocycles. The van der Waals surface area contributed by atoms with Crippen LogP contribution in [0.1, 0.15) is 16.1 Å². The van der Waals surface area contributed by atoms with Gasteiger partial charge in [0.1, 0.15) is 11.6 Å². The number of amides is 1. The summed E-state index contributed by atoms with van der Waals surface area (Å²) in [6.07, 6.45) is 1.67. The Morgan fingerprint density at radius 1 is 1.06 bits per heavy atom. The number of phenolic OH excluding ortho intramolecular Hbond substituents is 1. The fourth-order valence-electron chi connectivity index (χ4n) is 3.34. The smallest absolute Gasteiger partial charge is 0.255 e. The van der Waals surface area contributed by atoms with Crippen LogP contribution in [0.25, 0.3) is 11.3 Å². The van der Waals surface area contributed by atoms with Gasteiger partial charge in [0.15, 0.2) is 0 Å². The lowest BCUT2D eigenvalue weighted by Gasteiger charge is -2.21. The minimum Gasteiger partial charge on any atom is -0.507 e. The van der Waals surface area contributed by atoms with Gasteiger partial charge in [0, 0.05) is 34.7 Å². The van der Waals surface area contributed by atoms with Gasteiger partial charge < -0.3 is 21.1 Å². The van der Waals surface area contributed by atoms with Gasteiger partial charge in [-0.3, -0.25) is 9.78 Å². The molecular formula is C25H22BrN5O2. The van der Waals surface area contributed by atoms with Gasteiger partial charge in [0.25, 0.3) is 5.91 Å². The molecule has 2 heterocycles. The van der Waals surface area contributed by atoms with Gasteiger partial charge in [-0.25, -0.2) is 4.98 Å². The number of pyridine rings is 2. The van der Waals surface area contributed by atoms with Crippen molar-refractivity contribution in [1.82, 2.24) is 15.3 Å². The normalized spacial score (nSPS) is 10.6. The summed E-state index contributed by atoms with van der Waals surface area (Å²) in [5.41, 5.74) is 9.94. The number of carbonyl (C=O) groups is 1. The van der Waals surface area contributed by atoms with Crippen LogP contribution in [0.2, 0.25) is 0 Å². The highest BCUT2D eigenvalue weighted by Crippen LogP contribution is 2.35. The number of nitrogens with two attached hydrogens (primary N) is 1. The van der Waals surface area contributed by atoms with Crippen molar-refractivity contribution in [1.29, 1.82) is 0 Å². The van der Waals surface area contributed by atoms with Crippen LogP contribution in [0, 0.1) is 0 Å². The van der Waals surface area contributed by atoms with Gasteiger partial charge in [-0.15, -0.1) is 0 Å². The van der Waals surface area contributed by atoms with E-state index in [1.54, 1.807) is 24.4 Å². The number of hydrogen-bond acceptors (Lipinski definition) is 6. The van der Waals surface area contributed by atoms with E-state index < -0.39 is 0 Å². The van der Waals surface area contributed by atoms with Gasteiger partial charge in [-0.1, -0.05) is 22.0 Å². The predicted molar refractivity (Wildman–Crippen MR) is 133 cm³/mol. The Labute approximate surface area is 200 Å². The molecule has 0 fully saturated rings. The maximum Gasteiger partial charge on any atom is 0.255 e. The van der Waals surface area contributed by atoms with Crippen molar-refractivity contribution in [2.45, 2.75) is 6.54 Å². The minimum atomic E-state index is -0.342. The number of carbonyl (C=O) groups excluding carboxylic acids is 1. The fraction of sp³-hybridized carbons (Fsp3) is 0.0800. The third-order valence-corrected chi connectivity index (χ3v) is 5.71. The van der Waals surface area contributed by atoms with E-state index >= 15 is 0 Å². The van der Waals surface area contributed by atoms with E-state index in [-0.39, 0.29) is 29.6 Å². The molecule has 0 bridgehead atoms. The maximum atomic E-state index is 12.6. The molecule has 4 rings (SSSR count). The number of nitrogen functional groups attached to an aromatic ring is 1. The van der Waals surface area contributed by atoms with Crippen molar-refractivity contribution in [3.05, 3.63) is 94.7 Å². The number of aromatic nitrogens is 2. The number of anilines is 3. The number of phenols is 1. The summed E-state index contributed by atoms with van der Waals surface area (Å²) < 4.78 is 0.995. The molecule has 0 saturated heterocycles. The van der Waals surface area contributed by atoms with Crippen LogP contribution in [-0.2, 0) is 6.54 Å². The van der Waals surface area contributed by atoms with E-state index in [1.807, 2.05) is 66.5 Å². The third-order valence-electron chi connectivity index (χ3n) is 5.18. The molecule has 0 saturated carbocycles. The lowest BCUT2D eigenvalue weighted by atomic mass is 10.1. The Kier molecular flexibility index (Phi) is 6.55. The minimum absolute atomic E-state index is 0.0715. The summed E-state index contributed by atoms with van der Waals surface area (Å²) in [6, 6.07) is 22.0. The average molecular weight is 504 g/mol. The molecule has 0 spiro atoms. The van der Waals surface area contributed by atoms with Crippen molar-refractivity contribution in [3.8, 4) is 17.0 Å². The van der Waals surface area contributed by atoms with Crippen LogP contribution in [0.15, 0.2) is 83.5 Å². The zero-order valence-corrected chi connectivity index (χ0v) is 19.5. The van der Waals surface area contributed by atoms with E-state index in [4.69, 9.17) is 5.73 Å². The molecule has 0 radical (unpaired) electrons. The predicted octanol–water partition coefficient (Wildman–Crippen LogP) is 4.89. The highest BCUT2D eigenvalue weighted by Gasteiger charge is 2.15. The second-order valence-electron chi connectivity index (χ2n) is 7.37. The van der Waals surface area contributed by atoms with Gasteiger partial charge in [0.05, 0.1) is 23.5 Å². The van der Waals surface area contributed by atoms with E-state index in [1.165, 1.54) is 0 Å². The van der Waals surface area contributed by atoms with E-state index in [0.717, 1.165) is 21.5 Å². The van der Waals surface area contributed by atoms with Crippen molar-refractivity contribution >= 4 is 39.0 Å². The summed E-state index contributed by atoms with van der Waals surface area (Å²) >= 11 is 3.44. The van der Waals surface area contributed by atoms with E-state index in [0.29, 0.717) is 11.3 Å². The van der Waals surface area contributed by atoms with E-state index in [2.05, 4.69) is 31.2 Å². The Morgan fingerprint density at radius 3 is 2.52 bits per heavy atom. The van der Waals surface area contributed by atoms with Crippen LogP contribution in [0.3, 0.4) is 0 Å². The number of halogens is 1. The molecular weight excluding hydrogens is 482 g/mol. The Balaban J connectivity index is 1.56. The highest BCUT2D eigenvalue weighted by molar-refractivity contribution is 9.10. The van der Waals surface area contributed by atoms with Gasteiger partial charge in [-0.05, 0) is 66.7 Å². The number of nitrogens with zero attached hydrogens (tertiary/aromatic N) is 3. The number of rotatable bonds is 6. The monoisotopic (exact) mass is 503 g/mol. The number of hydrogen-bond donors (Lipinski definition) is 3. The molecule has 0 aliphatic heterocycles. The quantitative estimate of drug-likeness (QED) is 0.346. The third kappa shape index (κ3) is 5.12. The van der Waals surface area contributed by atoms with Crippen LogP contribution in [-0.4, -0.2) is 28.0 Å². The first-order chi connectivity index (χ1) is 15.9. The standard InChI is InChI=1S/C25H22BrN5O2/c1-31(18-7-5-16(26)6-8-18)19-9-12-23(32)21(14-19)22-11-10-20(24(27)30-22)25(33)29-15-17-4-2-3-13-28-17/h2-14,32H,15H2,1H3,(H2,27,30)(H,29,33). The van der Waals surface area contributed by atoms with Crippen LogP contribution < -0.4 is 16.0 Å². The first-order valence-corrected chi connectivity index (χ1v) is 11.0. The Morgan fingerprint density at radius 2 is 1.82 bits per heavy atom. The van der Waals surface area contributed by atoms with Crippen LogP contribution in [0.5, 0.6) is 5.75 Å². The molecule has 166 valence electrons.